The van der Waals surface area contributed by atoms with E-state index in [1.54, 1.807) is 12.3 Å². The van der Waals surface area contributed by atoms with Gasteiger partial charge in [-0.2, -0.15) is 5.10 Å². The molecule has 2 aromatic heterocycles. The molecule has 0 spiro atoms. The Labute approximate surface area is 94.3 Å². The molecule has 2 heterocycles. The lowest BCUT2D eigenvalue weighted by atomic mass is 10.2. The summed E-state index contributed by atoms with van der Waals surface area (Å²) in [5.74, 6) is -1.91. The Bertz CT molecular complexity index is 579. The van der Waals surface area contributed by atoms with Crippen LogP contribution in [0.5, 0.6) is 0 Å². The van der Waals surface area contributed by atoms with E-state index in [0.717, 1.165) is 6.07 Å². The number of nitro groups is 1. The van der Waals surface area contributed by atoms with Crippen LogP contribution in [0.1, 0.15) is 10.4 Å². The molecule has 0 saturated carbocycles. The van der Waals surface area contributed by atoms with Gasteiger partial charge in [-0.15, -0.1) is 0 Å². The Morgan fingerprint density at radius 2 is 2.24 bits per heavy atom. The summed E-state index contributed by atoms with van der Waals surface area (Å²) in [5, 5.41) is 23.3. The molecule has 0 aliphatic heterocycles. The maximum Gasteiger partial charge on any atom is 0.380 e. The topological polar surface area (TPSA) is 111 Å². The van der Waals surface area contributed by atoms with Crippen LogP contribution in [-0.4, -0.2) is 30.8 Å². The van der Waals surface area contributed by atoms with Crippen LogP contribution in [0.15, 0.2) is 30.6 Å². The number of pyridine rings is 1. The minimum absolute atomic E-state index is 0.187. The molecule has 8 heteroatoms. The van der Waals surface area contributed by atoms with Gasteiger partial charge in [0.15, 0.2) is 5.56 Å². The normalized spacial score (nSPS) is 10.1. The van der Waals surface area contributed by atoms with Gasteiger partial charge in [-0.05, 0) is 22.0 Å². The highest BCUT2D eigenvalue weighted by Gasteiger charge is 2.23. The summed E-state index contributed by atoms with van der Waals surface area (Å²) in [5.41, 5.74) is -0.453. The molecular weight excluding hydrogens is 228 g/mol. The Morgan fingerprint density at radius 1 is 1.47 bits per heavy atom. The van der Waals surface area contributed by atoms with Crippen molar-refractivity contribution in [3.05, 3.63) is 46.3 Å². The lowest BCUT2D eigenvalue weighted by Crippen LogP contribution is -2.07. The molecule has 17 heavy (non-hydrogen) atoms. The van der Waals surface area contributed by atoms with Crippen LogP contribution in [0.3, 0.4) is 0 Å². The second-order valence-corrected chi connectivity index (χ2v) is 3.05. The molecule has 0 fully saturated rings. The number of carboxylic acid groups (broad SMARTS) is 1. The van der Waals surface area contributed by atoms with E-state index in [9.17, 15) is 14.9 Å². The summed E-state index contributed by atoms with van der Waals surface area (Å²) in [6, 6.07) is 4.10. The zero-order chi connectivity index (χ0) is 12.4. The molecule has 0 radical (unpaired) electrons. The number of carboxylic acids is 1. The predicted molar refractivity (Wildman–Crippen MR) is 55.0 cm³/mol. The van der Waals surface area contributed by atoms with Gasteiger partial charge in [-0.1, -0.05) is 0 Å². The number of rotatable bonds is 3. The van der Waals surface area contributed by atoms with Crippen molar-refractivity contribution < 1.29 is 14.8 Å². The highest BCUT2D eigenvalue weighted by atomic mass is 16.6. The van der Waals surface area contributed by atoms with Crippen LogP contribution < -0.4 is 0 Å². The highest BCUT2D eigenvalue weighted by molar-refractivity contribution is 5.91. The van der Waals surface area contributed by atoms with Crippen molar-refractivity contribution in [3.8, 4) is 5.82 Å². The van der Waals surface area contributed by atoms with Crippen molar-refractivity contribution in [2.24, 2.45) is 0 Å². The molecule has 8 nitrogen and oxygen atoms in total. The molecule has 0 aromatic carbocycles. The SMILES string of the molecule is O=C(O)c1ccc(-n2cccn2)nc1[N+](=O)[O-]. The molecule has 0 saturated heterocycles. The first kappa shape index (κ1) is 10.7. The van der Waals surface area contributed by atoms with Crippen LogP contribution in [0.25, 0.3) is 5.82 Å². The predicted octanol–water partition coefficient (Wildman–Crippen LogP) is 0.874. The fourth-order valence-electron chi connectivity index (χ4n) is 1.28. The molecule has 0 aliphatic rings. The van der Waals surface area contributed by atoms with E-state index in [0.29, 0.717) is 0 Å². The fraction of sp³-hybridized carbons (Fsp3) is 0. The Morgan fingerprint density at radius 3 is 2.76 bits per heavy atom. The number of hydrogen-bond donors (Lipinski definition) is 1. The second kappa shape index (κ2) is 4.00. The lowest BCUT2D eigenvalue weighted by molar-refractivity contribution is -0.389. The van der Waals surface area contributed by atoms with Gasteiger partial charge >= 0.3 is 11.8 Å². The molecule has 86 valence electrons. The van der Waals surface area contributed by atoms with Gasteiger partial charge in [0.25, 0.3) is 5.82 Å². The molecular formula is C9H6N4O4. The monoisotopic (exact) mass is 234 g/mol. The minimum Gasteiger partial charge on any atom is -0.477 e. The summed E-state index contributed by atoms with van der Waals surface area (Å²) >= 11 is 0. The largest absolute Gasteiger partial charge is 0.477 e. The molecule has 0 aliphatic carbocycles. The maximum absolute atomic E-state index is 10.8. The van der Waals surface area contributed by atoms with Gasteiger partial charge in [-0.3, -0.25) is 0 Å². The molecule has 2 rings (SSSR count). The number of hydrogen-bond acceptors (Lipinski definition) is 5. The number of aromatic nitrogens is 3. The van der Waals surface area contributed by atoms with Gasteiger partial charge in [0.2, 0.25) is 0 Å². The molecule has 2 aromatic rings. The van der Waals surface area contributed by atoms with E-state index in [4.69, 9.17) is 5.11 Å². The number of carbonyl (C=O) groups is 1. The van der Waals surface area contributed by atoms with Crippen molar-refractivity contribution in [3.63, 3.8) is 0 Å². The third kappa shape index (κ3) is 1.95. The molecule has 0 atom stereocenters. The summed E-state index contributed by atoms with van der Waals surface area (Å²) < 4.78 is 1.30. The molecule has 1 N–H and O–H groups in total. The van der Waals surface area contributed by atoms with Gasteiger partial charge in [0.05, 0.1) is 0 Å². The van der Waals surface area contributed by atoms with Gasteiger partial charge in [-0.25, -0.2) is 9.48 Å². The first-order chi connectivity index (χ1) is 8.09. The van der Waals surface area contributed by atoms with E-state index < -0.39 is 22.3 Å². The van der Waals surface area contributed by atoms with Crippen LogP contribution >= 0.6 is 0 Å². The Balaban J connectivity index is 2.57. The highest BCUT2D eigenvalue weighted by Crippen LogP contribution is 2.17. The first-order valence-corrected chi connectivity index (χ1v) is 4.48. The summed E-state index contributed by atoms with van der Waals surface area (Å²) in [4.78, 5) is 24.3. The van der Waals surface area contributed by atoms with Crippen LogP contribution in [0, 0.1) is 10.1 Å². The van der Waals surface area contributed by atoms with E-state index >= 15 is 0 Å². The third-order valence-electron chi connectivity index (χ3n) is 2.00. The maximum atomic E-state index is 10.8. The Kier molecular flexibility index (Phi) is 2.53. The van der Waals surface area contributed by atoms with Gasteiger partial charge in [0.1, 0.15) is 0 Å². The van der Waals surface area contributed by atoms with Crippen LogP contribution in [0.4, 0.5) is 5.82 Å². The summed E-state index contributed by atoms with van der Waals surface area (Å²) in [6.45, 7) is 0. The first-order valence-electron chi connectivity index (χ1n) is 4.48. The molecule has 0 bridgehead atoms. The van der Waals surface area contributed by atoms with E-state index in [-0.39, 0.29) is 5.82 Å². The second-order valence-electron chi connectivity index (χ2n) is 3.05. The molecule has 0 amide bonds. The third-order valence-corrected chi connectivity index (χ3v) is 2.00. The van der Waals surface area contributed by atoms with Crippen molar-refractivity contribution in [2.75, 3.05) is 0 Å². The van der Waals surface area contributed by atoms with Crippen LogP contribution in [0.2, 0.25) is 0 Å². The lowest BCUT2D eigenvalue weighted by Gasteiger charge is -1.99. The average Bonchev–Trinajstić information content (AvgIpc) is 2.81. The van der Waals surface area contributed by atoms with Crippen molar-refractivity contribution >= 4 is 11.8 Å². The van der Waals surface area contributed by atoms with Crippen molar-refractivity contribution in [1.82, 2.24) is 14.8 Å². The zero-order valence-electron chi connectivity index (χ0n) is 8.35. The standard InChI is InChI=1S/C9H6N4O4/c14-9(15)6-2-3-7(11-8(6)13(16)17)12-5-1-4-10-12/h1-5H,(H,14,15). The van der Waals surface area contributed by atoms with Crippen LogP contribution in [-0.2, 0) is 0 Å². The summed E-state index contributed by atoms with van der Waals surface area (Å²) in [7, 11) is 0. The zero-order valence-corrected chi connectivity index (χ0v) is 8.35. The number of nitrogens with zero attached hydrogens (tertiary/aromatic N) is 4. The minimum atomic E-state index is -1.39. The van der Waals surface area contributed by atoms with Crippen molar-refractivity contribution in [2.45, 2.75) is 0 Å². The quantitative estimate of drug-likeness (QED) is 0.623. The fourth-order valence-corrected chi connectivity index (χ4v) is 1.28. The van der Waals surface area contributed by atoms with Gasteiger partial charge < -0.3 is 15.2 Å². The van der Waals surface area contributed by atoms with Crippen molar-refractivity contribution in [1.29, 1.82) is 0 Å². The number of aromatic carboxylic acids is 1. The summed E-state index contributed by atoms with van der Waals surface area (Å²) in [6.07, 6.45) is 3.03. The van der Waals surface area contributed by atoms with E-state index in [2.05, 4.69) is 10.1 Å². The van der Waals surface area contributed by atoms with E-state index in [1.165, 1.54) is 16.9 Å². The molecule has 0 unspecified atom stereocenters. The van der Waals surface area contributed by atoms with Gasteiger partial charge in [0, 0.05) is 18.5 Å². The average molecular weight is 234 g/mol. The smallest absolute Gasteiger partial charge is 0.380 e. The Hall–Kier alpha value is -2.77. The van der Waals surface area contributed by atoms with E-state index in [1.807, 2.05) is 0 Å².